The molecule has 0 atom stereocenters. The smallest absolute Gasteiger partial charge is 0.335 e. The third kappa shape index (κ3) is 1.49. The van der Waals surface area contributed by atoms with Crippen LogP contribution in [0.3, 0.4) is 0 Å². The molecule has 2 N–H and O–H groups in total. The molecule has 0 aliphatic carbocycles. The average Bonchev–Trinajstić information content (AvgIpc) is 2.55. The van der Waals surface area contributed by atoms with Gasteiger partial charge in [0, 0.05) is 10.9 Å². The number of aliphatic hydroxyl groups excluding tert-OH is 1. The van der Waals surface area contributed by atoms with Crippen molar-refractivity contribution in [2.75, 3.05) is 0 Å². The molecule has 0 fully saturated rings. The van der Waals surface area contributed by atoms with Crippen LogP contribution < -0.4 is 0 Å². The van der Waals surface area contributed by atoms with Gasteiger partial charge in [0.15, 0.2) is 0 Å². The van der Waals surface area contributed by atoms with Gasteiger partial charge in [0.25, 0.3) is 0 Å². The van der Waals surface area contributed by atoms with Crippen LogP contribution in [0.1, 0.15) is 21.7 Å². The monoisotopic (exact) mass is 206 g/mol. The second-order valence-corrected chi connectivity index (χ2v) is 3.32. The first-order valence-electron chi connectivity index (χ1n) is 4.49. The minimum atomic E-state index is -0.969. The lowest BCUT2D eigenvalue weighted by molar-refractivity contribution is 0.0697. The zero-order chi connectivity index (χ0) is 11.0. The average molecular weight is 206 g/mol. The number of benzene rings is 1. The van der Waals surface area contributed by atoms with Gasteiger partial charge in [-0.05, 0) is 25.1 Å². The van der Waals surface area contributed by atoms with E-state index in [-0.39, 0.29) is 12.2 Å². The van der Waals surface area contributed by atoms with Gasteiger partial charge in [0.2, 0.25) is 0 Å². The fraction of sp³-hybridized carbons (Fsp3) is 0.182. The molecule has 0 radical (unpaired) electrons. The summed E-state index contributed by atoms with van der Waals surface area (Å²) in [5, 5.41) is 18.5. The summed E-state index contributed by atoms with van der Waals surface area (Å²) in [5.74, 6) is -0.490. The van der Waals surface area contributed by atoms with Gasteiger partial charge >= 0.3 is 5.97 Å². The molecule has 78 valence electrons. The number of carboxylic acids is 1. The van der Waals surface area contributed by atoms with Crippen molar-refractivity contribution in [1.29, 1.82) is 0 Å². The molecule has 0 bridgehead atoms. The summed E-state index contributed by atoms with van der Waals surface area (Å²) in [4.78, 5) is 10.8. The molecule has 0 amide bonds. The second-order valence-electron chi connectivity index (χ2n) is 3.32. The molecular formula is C11H10O4. The van der Waals surface area contributed by atoms with Gasteiger partial charge in [-0.2, -0.15) is 0 Å². The van der Waals surface area contributed by atoms with E-state index in [2.05, 4.69) is 0 Å². The molecule has 0 saturated carbocycles. The fourth-order valence-electron chi connectivity index (χ4n) is 1.56. The van der Waals surface area contributed by atoms with Crippen molar-refractivity contribution in [3.8, 4) is 0 Å². The van der Waals surface area contributed by atoms with E-state index in [1.54, 1.807) is 19.1 Å². The van der Waals surface area contributed by atoms with Crippen LogP contribution in [0, 0.1) is 6.92 Å². The van der Waals surface area contributed by atoms with Gasteiger partial charge in [0.1, 0.15) is 18.0 Å². The summed E-state index contributed by atoms with van der Waals surface area (Å²) in [5.41, 5.74) is 1.60. The van der Waals surface area contributed by atoms with Crippen molar-refractivity contribution in [2.24, 2.45) is 0 Å². The molecule has 0 saturated heterocycles. The summed E-state index contributed by atoms with van der Waals surface area (Å²) in [6.45, 7) is 1.62. The highest BCUT2D eigenvalue weighted by Crippen LogP contribution is 2.26. The minimum Gasteiger partial charge on any atom is -0.478 e. The lowest BCUT2D eigenvalue weighted by Gasteiger charge is -1.94. The van der Waals surface area contributed by atoms with E-state index in [0.29, 0.717) is 11.3 Å². The van der Waals surface area contributed by atoms with Gasteiger partial charge in [-0.15, -0.1) is 0 Å². The predicted octanol–water partition coefficient (Wildman–Crippen LogP) is 1.93. The highest BCUT2D eigenvalue weighted by Gasteiger charge is 2.11. The van der Waals surface area contributed by atoms with Crippen molar-refractivity contribution in [3.63, 3.8) is 0 Å². The first kappa shape index (κ1) is 9.73. The molecule has 15 heavy (non-hydrogen) atoms. The van der Waals surface area contributed by atoms with E-state index in [0.717, 1.165) is 10.9 Å². The third-order valence-corrected chi connectivity index (χ3v) is 2.43. The maximum atomic E-state index is 10.8. The van der Waals surface area contributed by atoms with Gasteiger partial charge < -0.3 is 14.6 Å². The Morgan fingerprint density at radius 1 is 1.47 bits per heavy atom. The number of carboxylic acid groups (broad SMARTS) is 1. The van der Waals surface area contributed by atoms with Crippen molar-refractivity contribution in [3.05, 3.63) is 35.1 Å². The molecule has 4 heteroatoms. The summed E-state index contributed by atoms with van der Waals surface area (Å²) < 4.78 is 5.34. The Hall–Kier alpha value is -1.81. The number of furan rings is 1. The molecule has 1 aromatic heterocycles. The number of carbonyl (C=O) groups is 1. The first-order chi connectivity index (χ1) is 7.13. The third-order valence-electron chi connectivity index (χ3n) is 2.43. The van der Waals surface area contributed by atoms with E-state index in [1.165, 1.54) is 6.07 Å². The number of hydrogen-bond acceptors (Lipinski definition) is 3. The fourth-order valence-corrected chi connectivity index (χ4v) is 1.56. The van der Waals surface area contributed by atoms with Crippen molar-refractivity contribution >= 4 is 16.9 Å². The quantitative estimate of drug-likeness (QED) is 0.787. The Kier molecular flexibility index (Phi) is 2.21. The molecule has 0 spiro atoms. The van der Waals surface area contributed by atoms with E-state index >= 15 is 0 Å². The second kappa shape index (κ2) is 3.40. The van der Waals surface area contributed by atoms with Crippen molar-refractivity contribution < 1.29 is 19.4 Å². The summed E-state index contributed by atoms with van der Waals surface area (Å²) in [7, 11) is 0. The number of aliphatic hydroxyl groups is 1. The number of aryl methyl sites for hydroxylation is 1. The summed E-state index contributed by atoms with van der Waals surface area (Å²) >= 11 is 0. The van der Waals surface area contributed by atoms with E-state index in [1.807, 2.05) is 0 Å². The topological polar surface area (TPSA) is 70.7 Å². The molecule has 0 aliphatic rings. The summed E-state index contributed by atoms with van der Waals surface area (Å²) in [6.07, 6.45) is 0. The number of fused-ring (bicyclic) bond motifs is 1. The van der Waals surface area contributed by atoms with Gasteiger partial charge in [0.05, 0.1) is 5.56 Å². The molecule has 1 heterocycles. The zero-order valence-corrected chi connectivity index (χ0v) is 8.15. The molecule has 1 aromatic carbocycles. The minimum absolute atomic E-state index is 0.178. The maximum Gasteiger partial charge on any atom is 0.335 e. The number of hydrogen-bond donors (Lipinski definition) is 2. The van der Waals surface area contributed by atoms with Crippen molar-refractivity contribution in [2.45, 2.75) is 13.5 Å². The van der Waals surface area contributed by atoms with Crippen molar-refractivity contribution in [1.82, 2.24) is 0 Å². The van der Waals surface area contributed by atoms with Gasteiger partial charge in [-0.25, -0.2) is 4.79 Å². The molecular weight excluding hydrogens is 196 g/mol. The molecule has 2 rings (SSSR count). The Balaban J connectivity index is 2.70. The van der Waals surface area contributed by atoms with E-state index in [9.17, 15) is 4.79 Å². The van der Waals surface area contributed by atoms with Crippen LogP contribution in [0.5, 0.6) is 0 Å². The zero-order valence-electron chi connectivity index (χ0n) is 8.15. The predicted molar refractivity (Wildman–Crippen MR) is 53.8 cm³/mol. The Morgan fingerprint density at radius 3 is 2.80 bits per heavy atom. The normalized spacial score (nSPS) is 10.8. The Labute approximate surface area is 85.8 Å². The number of rotatable bonds is 2. The van der Waals surface area contributed by atoms with E-state index < -0.39 is 5.97 Å². The Morgan fingerprint density at radius 2 is 2.20 bits per heavy atom. The van der Waals surface area contributed by atoms with Crippen LogP contribution in [0.4, 0.5) is 0 Å². The van der Waals surface area contributed by atoms with Crippen LogP contribution >= 0.6 is 0 Å². The van der Waals surface area contributed by atoms with Crippen LogP contribution in [0.2, 0.25) is 0 Å². The maximum absolute atomic E-state index is 10.8. The van der Waals surface area contributed by atoms with Crippen LogP contribution in [-0.2, 0) is 6.61 Å². The van der Waals surface area contributed by atoms with Crippen LogP contribution in [0.15, 0.2) is 22.6 Å². The Bertz CT molecular complexity index is 525. The molecule has 0 unspecified atom stereocenters. The molecule has 4 nitrogen and oxygen atoms in total. The lowest BCUT2D eigenvalue weighted by atomic mass is 10.1. The largest absolute Gasteiger partial charge is 0.478 e. The van der Waals surface area contributed by atoms with Crippen LogP contribution in [0.25, 0.3) is 11.0 Å². The highest BCUT2D eigenvalue weighted by molar-refractivity contribution is 5.94. The van der Waals surface area contributed by atoms with Gasteiger partial charge in [-0.3, -0.25) is 0 Å². The SMILES string of the molecule is Cc1c(CO)oc2ccc(C(=O)O)cc12. The van der Waals surface area contributed by atoms with Crippen LogP contribution in [-0.4, -0.2) is 16.2 Å². The number of aromatic carboxylic acids is 1. The standard InChI is InChI=1S/C11H10O4/c1-6-8-4-7(11(13)14)2-3-9(8)15-10(6)5-12/h2-4,12H,5H2,1H3,(H,13,14). The van der Waals surface area contributed by atoms with E-state index in [4.69, 9.17) is 14.6 Å². The highest BCUT2D eigenvalue weighted by atomic mass is 16.4. The molecule has 0 aliphatic heterocycles. The lowest BCUT2D eigenvalue weighted by Crippen LogP contribution is -1.94. The first-order valence-corrected chi connectivity index (χ1v) is 4.49. The molecule has 2 aromatic rings. The summed E-state index contributed by atoms with van der Waals surface area (Å²) in [6, 6.07) is 4.63. The van der Waals surface area contributed by atoms with Gasteiger partial charge in [-0.1, -0.05) is 0 Å².